The molecule has 4 aromatic rings. The van der Waals surface area contributed by atoms with E-state index in [4.69, 9.17) is 9.47 Å². The summed E-state index contributed by atoms with van der Waals surface area (Å²) in [5.41, 5.74) is 6.17. The van der Waals surface area contributed by atoms with Crippen molar-refractivity contribution in [3.05, 3.63) is 89.4 Å². The van der Waals surface area contributed by atoms with Gasteiger partial charge in [0.25, 0.3) is 0 Å². The number of carbonyl (C=O) groups is 1. The number of nitrogens with zero attached hydrogens (tertiary/aromatic N) is 1. The number of aromatic amines is 1. The number of fused-ring (bicyclic) bond motifs is 4. The number of hydrogen-bond donors (Lipinski definition) is 3. The molecule has 0 fully saturated rings. The normalized spacial score (nSPS) is 16.1. The zero-order valence-corrected chi connectivity index (χ0v) is 17.5. The maximum absolute atomic E-state index is 9.85. The minimum absolute atomic E-state index is 0.172. The van der Waals surface area contributed by atoms with E-state index in [-0.39, 0.29) is 6.04 Å². The third-order valence-electron chi connectivity index (χ3n) is 5.73. The Hall–Kier alpha value is -3.84. The topological polar surface area (TPSA) is 88.3 Å². The highest BCUT2D eigenvalue weighted by Gasteiger charge is 2.26. The molecule has 4 heterocycles. The van der Waals surface area contributed by atoms with Crippen LogP contribution in [0.5, 0.6) is 11.5 Å². The van der Waals surface area contributed by atoms with Crippen molar-refractivity contribution in [2.24, 2.45) is 0 Å². The molecule has 7 heteroatoms. The summed E-state index contributed by atoms with van der Waals surface area (Å²) in [5.74, 6) is 1.67. The molecule has 0 bridgehead atoms. The van der Waals surface area contributed by atoms with Crippen LogP contribution in [0.1, 0.15) is 28.4 Å². The summed E-state index contributed by atoms with van der Waals surface area (Å²) in [6.45, 7) is 1.87. The van der Waals surface area contributed by atoms with Crippen LogP contribution in [0.3, 0.4) is 0 Å². The largest absolute Gasteiger partial charge is 0.454 e. The van der Waals surface area contributed by atoms with Crippen LogP contribution in [0, 0.1) is 0 Å². The number of amides is 1. The maximum Gasteiger partial charge on any atom is 0.231 e. The average Bonchev–Trinajstić information content (AvgIpc) is 3.47. The molecular weight excluding hydrogens is 404 g/mol. The molecule has 2 aromatic heterocycles. The second kappa shape index (κ2) is 9.11. The van der Waals surface area contributed by atoms with Crippen LogP contribution in [0.2, 0.25) is 0 Å². The molecule has 0 radical (unpaired) electrons. The van der Waals surface area contributed by atoms with Gasteiger partial charge in [-0.1, -0.05) is 24.3 Å². The zero-order chi connectivity index (χ0) is 21.8. The molecule has 7 nitrogen and oxygen atoms in total. The molecule has 0 unspecified atom stereocenters. The number of carbonyl (C=O) groups excluding carboxylic acids is 1. The monoisotopic (exact) mass is 428 g/mol. The fourth-order valence-corrected chi connectivity index (χ4v) is 4.22. The summed E-state index contributed by atoms with van der Waals surface area (Å²) in [6, 6.07) is 18.6. The Kier molecular flexibility index (Phi) is 5.72. The van der Waals surface area contributed by atoms with Crippen LogP contribution in [0.25, 0.3) is 10.9 Å². The van der Waals surface area contributed by atoms with E-state index < -0.39 is 0 Å². The van der Waals surface area contributed by atoms with Crippen molar-refractivity contribution in [3.63, 3.8) is 0 Å². The van der Waals surface area contributed by atoms with E-state index in [0.717, 1.165) is 30.0 Å². The first-order valence-electron chi connectivity index (χ1n) is 10.6. The minimum Gasteiger partial charge on any atom is -0.454 e. The van der Waals surface area contributed by atoms with Gasteiger partial charge in [-0.25, -0.2) is 0 Å². The molecule has 162 valence electrons. The number of hydrogen-bond acceptors (Lipinski definition) is 5. The van der Waals surface area contributed by atoms with E-state index in [1.54, 1.807) is 12.4 Å². The Morgan fingerprint density at radius 2 is 1.91 bits per heavy atom. The van der Waals surface area contributed by atoms with E-state index in [2.05, 4.69) is 57.0 Å². The Bertz CT molecular complexity index is 1220. The number of benzene rings is 2. The summed E-state index contributed by atoms with van der Waals surface area (Å²) in [7, 11) is 0. The highest BCUT2D eigenvalue weighted by Crippen LogP contribution is 2.38. The van der Waals surface area contributed by atoms with Gasteiger partial charge < -0.3 is 25.1 Å². The van der Waals surface area contributed by atoms with Gasteiger partial charge in [0.15, 0.2) is 11.5 Å². The molecule has 0 saturated heterocycles. The van der Waals surface area contributed by atoms with Gasteiger partial charge in [-0.05, 0) is 53.4 Å². The number of rotatable bonds is 4. The quantitative estimate of drug-likeness (QED) is 0.433. The lowest BCUT2D eigenvalue weighted by Gasteiger charge is -2.25. The van der Waals surface area contributed by atoms with Crippen molar-refractivity contribution in [2.75, 3.05) is 13.3 Å². The van der Waals surface area contributed by atoms with Crippen molar-refractivity contribution in [1.82, 2.24) is 20.6 Å². The standard InChI is InChI=1S/C18H16N2O2.C7H8N2O/c1-2-4-14-12(3-1)13-7-8-19-17(18(13)20-14)11-5-6-15-16(9-11)22-10-21-15;10-6-9-5-7-1-3-8-4-2-7/h1-6,9,17,19-20H,7-8,10H2;1-4,6H,5H2,(H,9,10)/t17-;/m0./s1. The molecule has 3 N–H and O–H groups in total. The lowest BCUT2D eigenvalue weighted by atomic mass is 9.94. The van der Waals surface area contributed by atoms with Gasteiger partial charge in [0, 0.05) is 42.1 Å². The molecule has 0 saturated carbocycles. The van der Waals surface area contributed by atoms with Crippen LogP contribution < -0.4 is 20.1 Å². The van der Waals surface area contributed by atoms with Crippen LogP contribution in [0.15, 0.2) is 67.0 Å². The first kappa shape index (κ1) is 20.1. The molecule has 2 aromatic carbocycles. The maximum atomic E-state index is 9.85. The summed E-state index contributed by atoms with van der Waals surface area (Å²) >= 11 is 0. The SMILES string of the molecule is O=CNCc1ccncc1.c1ccc2c3c([nH]c2c1)[C@H](c1ccc2c(c1)OCO2)NCC3. The van der Waals surface area contributed by atoms with Crippen molar-refractivity contribution < 1.29 is 14.3 Å². The van der Waals surface area contributed by atoms with Crippen LogP contribution in [0.4, 0.5) is 0 Å². The minimum atomic E-state index is 0.172. The van der Waals surface area contributed by atoms with Crippen LogP contribution in [-0.4, -0.2) is 29.7 Å². The van der Waals surface area contributed by atoms with E-state index in [1.807, 2.05) is 18.2 Å². The fraction of sp³-hybridized carbons (Fsp3) is 0.200. The van der Waals surface area contributed by atoms with Gasteiger partial charge in [0.2, 0.25) is 13.2 Å². The van der Waals surface area contributed by atoms with E-state index in [1.165, 1.54) is 27.7 Å². The molecule has 32 heavy (non-hydrogen) atoms. The van der Waals surface area contributed by atoms with Crippen molar-refractivity contribution in [3.8, 4) is 11.5 Å². The van der Waals surface area contributed by atoms with Crippen LogP contribution >= 0.6 is 0 Å². The fourth-order valence-electron chi connectivity index (χ4n) is 4.22. The Balaban J connectivity index is 0.000000183. The molecular formula is C25H24N4O3. The van der Waals surface area contributed by atoms with Gasteiger partial charge in [-0.15, -0.1) is 0 Å². The molecule has 6 rings (SSSR count). The van der Waals surface area contributed by atoms with Gasteiger partial charge in [0.1, 0.15) is 0 Å². The number of nitrogens with one attached hydrogen (secondary N) is 3. The summed E-state index contributed by atoms with van der Waals surface area (Å²) < 4.78 is 10.9. The highest BCUT2D eigenvalue weighted by molar-refractivity contribution is 5.85. The lowest BCUT2D eigenvalue weighted by Crippen LogP contribution is -2.30. The van der Waals surface area contributed by atoms with Gasteiger partial charge in [-0.2, -0.15) is 0 Å². The average molecular weight is 428 g/mol. The second-order valence-electron chi connectivity index (χ2n) is 7.67. The third-order valence-corrected chi connectivity index (χ3v) is 5.73. The van der Waals surface area contributed by atoms with E-state index in [0.29, 0.717) is 19.7 Å². The summed E-state index contributed by atoms with van der Waals surface area (Å²) in [6.07, 6.45) is 5.13. The summed E-state index contributed by atoms with van der Waals surface area (Å²) in [4.78, 5) is 17.3. The smallest absolute Gasteiger partial charge is 0.231 e. The Labute approximate surface area is 185 Å². The van der Waals surface area contributed by atoms with Crippen LogP contribution in [-0.2, 0) is 17.8 Å². The van der Waals surface area contributed by atoms with Gasteiger partial charge in [-0.3, -0.25) is 9.78 Å². The second-order valence-corrected chi connectivity index (χ2v) is 7.67. The molecule has 1 atom stereocenters. The molecule has 1 amide bonds. The predicted molar refractivity (Wildman–Crippen MR) is 122 cm³/mol. The van der Waals surface area contributed by atoms with E-state index in [9.17, 15) is 4.79 Å². The summed E-state index contributed by atoms with van der Waals surface area (Å²) in [5, 5.41) is 7.51. The molecule has 2 aliphatic heterocycles. The third kappa shape index (κ3) is 4.02. The number of pyridine rings is 1. The first-order valence-corrected chi connectivity index (χ1v) is 10.6. The van der Waals surface area contributed by atoms with Crippen molar-refractivity contribution in [1.29, 1.82) is 0 Å². The highest BCUT2D eigenvalue weighted by atomic mass is 16.7. The zero-order valence-electron chi connectivity index (χ0n) is 17.5. The van der Waals surface area contributed by atoms with Gasteiger partial charge in [0.05, 0.1) is 6.04 Å². The first-order chi connectivity index (χ1) is 15.8. The molecule has 2 aliphatic rings. The van der Waals surface area contributed by atoms with Crippen molar-refractivity contribution in [2.45, 2.75) is 19.0 Å². The number of aromatic nitrogens is 2. The molecule has 0 aliphatic carbocycles. The number of ether oxygens (including phenoxy) is 2. The van der Waals surface area contributed by atoms with Crippen molar-refractivity contribution >= 4 is 17.3 Å². The Morgan fingerprint density at radius 3 is 2.78 bits per heavy atom. The van der Waals surface area contributed by atoms with E-state index >= 15 is 0 Å². The number of para-hydroxylation sites is 1. The molecule has 0 spiro atoms. The van der Waals surface area contributed by atoms with Gasteiger partial charge >= 0.3 is 0 Å². The lowest BCUT2D eigenvalue weighted by molar-refractivity contribution is -0.109. The predicted octanol–water partition coefficient (Wildman–Crippen LogP) is 3.46. The Morgan fingerprint density at radius 1 is 1.06 bits per heavy atom. The number of H-pyrrole nitrogens is 1.